The largest absolute Gasteiger partial charge is 0.507 e. The minimum absolute atomic E-state index is 0.0336. The Labute approximate surface area is 186 Å². The molecule has 0 bridgehead atoms. The van der Waals surface area contributed by atoms with Crippen molar-refractivity contribution in [3.8, 4) is 11.5 Å². The molecule has 0 amide bonds. The summed E-state index contributed by atoms with van der Waals surface area (Å²) in [5.74, 6) is -1.03. The molecule has 3 aromatic carbocycles. The van der Waals surface area contributed by atoms with Crippen LogP contribution in [0.4, 0.5) is 0 Å². The molecule has 0 aliphatic rings. The Morgan fingerprint density at radius 1 is 0.724 bits per heavy atom. The average molecular weight is 494 g/mol. The number of phenolic OH excluding ortho intramolecular Hbond substituents is 2. The molecule has 1 atom stereocenters. The SMILES string of the molecule is O=S(=O)(O)C(c1cccc(Cl)c1)(c1ccc(Cl)c(O)c1)c1c(O)cc(Cl)cc1Cl. The lowest BCUT2D eigenvalue weighted by Gasteiger charge is -2.34. The topological polar surface area (TPSA) is 94.8 Å². The maximum atomic E-state index is 12.9. The van der Waals surface area contributed by atoms with Gasteiger partial charge in [0.25, 0.3) is 10.1 Å². The first-order chi connectivity index (χ1) is 13.5. The molecule has 29 heavy (non-hydrogen) atoms. The molecule has 0 saturated heterocycles. The van der Waals surface area contributed by atoms with Crippen molar-refractivity contribution in [1.29, 1.82) is 0 Å². The van der Waals surface area contributed by atoms with Crippen LogP contribution in [0.3, 0.4) is 0 Å². The highest BCUT2D eigenvalue weighted by atomic mass is 35.5. The summed E-state index contributed by atoms with van der Waals surface area (Å²) in [6.45, 7) is 0. The fourth-order valence-electron chi connectivity index (χ4n) is 3.23. The molecule has 0 radical (unpaired) electrons. The Kier molecular flexibility index (Phi) is 5.98. The quantitative estimate of drug-likeness (QED) is 0.311. The van der Waals surface area contributed by atoms with Crippen molar-refractivity contribution in [2.24, 2.45) is 0 Å². The fourth-order valence-corrected chi connectivity index (χ4v) is 5.54. The van der Waals surface area contributed by atoms with Gasteiger partial charge >= 0.3 is 0 Å². The molecule has 1 unspecified atom stereocenters. The number of benzene rings is 3. The molecule has 152 valence electrons. The van der Waals surface area contributed by atoms with Gasteiger partial charge in [-0.1, -0.05) is 64.6 Å². The van der Waals surface area contributed by atoms with Crippen LogP contribution in [0.1, 0.15) is 16.7 Å². The van der Waals surface area contributed by atoms with Gasteiger partial charge in [-0.3, -0.25) is 4.55 Å². The third-order valence-corrected chi connectivity index (χ3v) is 6.88. The van der Waals surface area contributed by atoms with Gasteiger partial charge in [0.2, 0.25) is 0 Å². The van der Waals surface area contributed by atoms with E-state index in [1.54, 1.807) is 0 Å². The lowest BCUT2D eigenvalue weighted by molar-refractivity contribution is 0.439. The van der Waals surface area contributed by atoms with E-state index in [2.05, 4.69) is 0 Å². The summed E-state index contributed by atoms with van der Waals surface area (Å²) in [7, 11) is -5.09. The van der Waals surface area contributed by atoms with Crippen molar-refractivity contribution in [2.75, 3.05) is 0 Å². The minimum atomic E-state index is -5.09. The standard InChI is InChI=1S/C19H12Cl4O5S/c20-12-3-1-2-10(6-12)19(29(26,27)28,11-4-5-14(22)16(24)7-11)18-15(23)8-13(21)9-17(18)25/h1-9,24-25H,(H,26,27,28). The van der Waals surface area contributed by atoms with Crippen molar-refractivity contribution in [3.63, 3.8) is 0 Å². The van der Waals surface area contributed by atoms with Crippen LogP contribution in [0.2, 0.25) is 20.1 Å². The number of aromatic hydroxyl groups is 2. The molecule has 5 nitrogen and oxygen atoms in total. The fraction of sp³-hybridized carbons (Fsp3) is 0.0526. The molecule has 0 saturated carbocycles. The van der Waals surface area contributed by atoms with Gasteiger partial charge in [0.15, 0.2) is 4.75 Å². The van der Waals surface area contributed by atoms with Gasteiger partial charge < -0.3 is 10.2 Å². The van der Waals surface area contributed by atoms with E-state index in [-0.39, 0.29) is 36.8 Å². The summed E-state index contributed by atoms with van der Waals surface area (Å²) in [5.41, 5.74) is -0.535. The molecule has 3 N–H and O–H groups in total. The highest BCUT2D eigenvalue weighted by Gasteiger charge is 2.51. The van der Waals surface area contributed by atoms with Crippen LogP contribution in [0.15, 0.2) is 54.6 Å². The lowest BCUT2D eigenvalue weighted by Crippen LogP contribution is -2.38. The zero-order chi connectivity index (χ0) is 21.6. The summed E-state index contributed by atoms with van der Waals surface area (Å²) in [6, 6.07) is 11.5. The normalized spacial score (nSPS) is 13.8. The molecule has 0 fully saturated rings. The highest BCUT2D eigenvalue weighted by Crippen LogP contribution is 2.51. The zero-order valence-electron chi connectivity index (χ0n) is 14.3. The first-order valence-electron chi connectivity index (χ1n) is 7.89. The average Bonchev–Trinajstić information content (AvgIpc) is 2.59. The first-order valence-corrected chi connectivity index (χ1v) is 10.8. The summed E-state index contributed by atoms with van der Waals surface area (Å²) in [5, 5.41) is 20.7. The molecule has 0 aliphatic carbocycles. The second kappa shape index (κ2) is 7.87. The molecular weight excluding hydrogens is 482 g/mol. The van der Waals surface area contributed by atoms with Crippen molar-refractivity contribution in [3.05, 3.63) is 91.4 Å². The Hall–Kier alpha value is -1.67. The third kappa shape index (κ3) is 3.77. The van der Waals surface area contributed by atoms with Crippen LogP contribution in [0.25, 0.3) is 0 Å². The van der Waals surface area contributed by atoms with Crippen LogP contribution in [-0.4, -0.2) is 23.2 Å². The van der Waals surface area contributed by atoms with Crippen LogP contribution >= 0.6 is 46.4 Å². The number of phenols is 2. The van der Waals surface area contributed by atoms with Crippen molar-refractivity contribution < 1.29 is 23.2 Å². The van der Waals surface area contributed by atoms with Crippen LogP contribution in [-0.2, 0) is 14.9 Å². The molecule has 0 aliphatic heterocycles. The number of halogens is 4. The monoisotopic (exact) mass is 492 g/mol. The van der Waals surface area contributed by atoms with E-state index in [0.29, 0.717) is 0 Å². The van der Waals surface area contributed by atoms with Gasteiger partial charge in [-0.25, -0.2) is 0 Å². The van der Waals surface area contributed by atoms with Gasteiger partial charge in [-0.2, -0.15) is 8.42 Å². The van der Waals surface area contributed by atoms with Crippen LogP contribution < -0.4 is 0 Å². The smallest absolute Gasteiger partial charge is 0.283 e. The van der Waals surface area contributed by atoms with E-state index in [4.69, 9.17) is 46.4 Å². The first kappa shape index (κ1) is 22.0. The van der Waals surface area contributed by atoms with E-state index in [1.807, 2.05) is 0 Å². The maximum Gasteiger partial charge on any atom is 0.283 e. The van der Waals surface area contributed by atoms with E-state index in [0.717, 1.165) is 12.1 Å². The minimum Gasteiger partial charge on any atom is -0.507 e. The Morgan fingerprint density at radius 2 is 1.38 bits per heavy atom. The molecule has 10 heteroatoms. The second-order valence-electron chi connectivity index (χ2n) is 6.11. The van der Waals surface area contributed by atoms with Crippen LogP contribution in [0.5, 0.6) is 11.5 Å². The molecule has 3 rings (SSSR count). The van der Waals surface area contributed by atoms with Crippen LogP contribution in [0, 0.1) is 0 Å². The van der Waals surface area contributed by atoms with Gasteiger partial charge in [0, 0.05) is 15.6 Å². The van der Waals surface area contributed by atoms with Crippen molar-refractivity contribution in [1.82, 2.24) is 0 Å². The number of rotatable bonds is 4. The zero-order valence-corrected chi connectivity index (χ0v) is 18.1. The van der Waals surface area contributed by atoms with Gasteiger partial charge in [-0.05, 0) is 47.5 Å². The lowest BCUT2D eigenvalue weighted by atomic mass is 9.83. The molecule has 3 aromatic rings. The van der Waals surface area contributed by atoms with E-state index in [9.17, 15) is 23.2 Å². The Balaban J connectivity index is 2.61. The molecule has 0 aromatic heterocycles. The van der Waals surface area contributed by atoms with Gasteiger partial charge in [-0.15, -0.1) is 0 Å². The highest BCUT2D eigenvalue weighted by molar-refractivity contribution is 7.87. The van der Waals surface area contributed by atoms with Gasteiger partial charge in [0.05, 0.1) is 10.0 Å². The van der Waals surface area contributed by atoms with Crippen molar-refractivity contribution >= 4 is 56.5 Å². The summed E-state index contributed by atoms with van der Waals surface area (Å²) in [4.78, 5) is 0. The summed E-state index contributed by atoms with van der Waals surface area (Å²) in [6.07, 6.45) is 0. The number of hydrogen-bond donors (Lipinski definition) is 3. The summed E-state index contributed by atoms with van der Waals surface area (Å²) >= 11 is 24.2. The predicted molar refractivity (Wildman–Crippen MR) is 114 cm³/mol. The second-order valence-corrected chi connectivity index (χ2v) is 9.36. The Morgan fingerprint density at radius 3 is 1.93 bits per heavy atom. The molecule has 0 spiro atoms. The molecule has 0 heterocycles. The van der Waals surface area contributed by atoms with E-state index < -0.39 is 26.4 Å². The summed E-state index contributed by atoms with van der Waals surface area (Å²) < 4.78 is 33.9. The molecular formula is C19H12Cl4O5S. The third-order valence-electron chi connectivity index (χ3n) is 4.36. The Bertz CT molecular complexity index is 1190. The number of hydrogen-bond acceptors (Lipinski definition) is 4. The van der Waals surface area contributed by atoms with Gasteiger partial charge in [0.1, 0.15) is 11.5 Å². The van der Waals surface area contributed by atoms with Crippen molar-refractivity contribution in [2.45, 2.75) is 4.75 Å². The predicted octanol–water partition coefficient (Wildman–Crippen LogP) is 5.89. The maximum absolute atomic E-state index is 12.9. The van der Waals surface area contributed by atoms with E-state index >= 15 is 0 Å². The van der Waals surface area contributed by atoms with E-state index in [1.165, 1.54) is 42.5 Å².